The molecular weight excluding hydrogens is 612 g/mol. The van der Waals surface area contributed by atoms with Gasteiger partial charge in [0.15, 0.2) is 0 Å². The molecule has 43 heavy (non-hydrogen) atoms. The third-order valence-electron chi connectivity index (χ3n) is 6.89. The number of nitrogens with zero attached hydrogens (tertiary/aromatic N) is 5. The maximum absolute atomic E-state index is 15.4. The highest BCUT2D eigenvalue weighted by molar-refractivity contribution is 6.76. The molecule has 0 aliphatic rings. The topological polar surface area (TPSA) is 116 Å². The van der Waals surface area contributed by atoms with Gasteiger partial charge in [0.2, 0.25) is 11.9 Å². The van der Waals surface area contributed by atoms with Gasteiger partial charge in [-0.15, -0.1) is 23.2 Å². The van der Waals surface area contributed by atoms with E-state index in [2.05, 4.69) is 45.5 Å². The van der Waals surface area contributed by atoms with Crippen molar-refractivity contribution >= 4 is 48.9 Å². The zero-order chi connectivity index (χ0) is 31.9. The van der Waals surface area contributed by atoms with Crippen LogP contribution in [0.5, 0.6) is 0 Å². The highest BCUT2D eigenvalue weighted by atomic mass is 35.5. The molecule has 0 aliphatic carbocycles. The van der Waals surface area contributed by atoms with Crippen molar-refractivity contribution in [2.75, 3.05) is 11.9 Å². The molecule has 0 unspecified atom stereocenters. The number of anilines is 1. The second kappa shape index (κ2) is 15.3. The van der Waals surface area contributed by atoms with E-state index in [1.54, 1.807) is 28.4 Å². The van der Waals surface area contributed by atoms with E-state index in [1.807, 2.05) is 20.8 Å². The van der Waals surface area contributed by atoms with Crippen LogP contribution in [0.3, 0.4) is 0 Å². The van der Waals surface area contributed by atoms with E-state index in [9.17, 15) is 9.59 Å². The van der Waals surface area contributed by atoms with Gasteiger partial charge in [0.1, 0.15) is 29.1 Å². The minimum absolute atomic E-state index is 0.0164. The molecule has 0 aromatic carbocycles. The van der Waals surface area contributed by atoms with Crippen molar-refractivity contribution in [3.05, 3.63) is 47.4 Å². The normalized spacial score (nSPS) is 12.7. The first-order chi connectivity index (χ1) is 20.2. The summed E-state index contributed by atoms with van der Waals surface area (Å²) in [5.41, 5.74) is 2.61. The number of rotatable bonds is 15. The van der Waals surface area contributed by atoms with Crippen LogP contribution in [0, 0.1) is 19.8 Å². The van der Waals surface area contributed by atoms with Crippen LogP contribution in [0.15, 0.2) is 24.4 Å². The molecule has 3 rings (SSSR count). The Labute approximate surface area is 263 Å². The Morgan fingerprint density at radius 3 is 2.47 bits per heavy atom. The molecule has 0 spiro atoms. The zero-order valence-corrected chi connectivity index (χ0v) is 28.4. The Hall–Kier alpha value is -2.80. The predicted molar refractivity (Wildman–Crippen MR) is 171 cm³/mol. The van der Waals surface area contributed by atoms with E-state index in [1.165, 1.54) is 12.3 Å². The number of ether oxygens (including phenoxy) is 1. The smallest absolute Gasteiger partial charge is 0.270 e. The maximum atomic E-state index is 15.4. The summed E-state index contributed by atoms with van der Waals surface area (Å²) in [7, 11) is -1.22. The third-order valence-corrected chi connectivity index (χ3v) is 9.03. The minimum Gasteiger partial charge on any atom is -0.360 e. The average molecular weight is 655 g/mol. The van der Waals surface area contributed by atoms with Gasteiger partial charge < -0.3 is 15.4 Å². The zero-order valence-electron chi connectivity index (χ0n) is 25.9. The van der Waals surface area contributed by atoms with Crippen LogP contribution in [0.25, 0.3) is 11.1 Å². The number of hydrogen-bond donors (Lipinski definition) is 2. The van der Waals surface area contributed by atoms with Crippen LogP contribution in [-0.2, 0) is 16.3 Å². The number of alkyl halides is 2. The molecule has 0 bridgehead atoms. The van der Waals surface area contributed by atoms with Gasteiger partial charge in [-0.2, -0.15) is 14.6 Å². The second-order valence-corrected chi connectivity index (χ2v) is 18.9. The SMILES string of the molecule is Cc1nn(COCC[Si](C)(C)C)c(C)c1-c1ccc(NC(=O)[C@H](CCCC(Cl)Cl)NC(=O)c2ccnn2C(C)C)nc1F. The van der Waals surface area contributed by atoms with Gasteiger partial charge in [0, 0.05) is 43.7 Å². The lowest BCUT2D eigenvalue weighted by atomic mass is 10.1. The van der Waals surface area contributed by atoms with Gasteiger partial charge in [0.05, 0.1) is 5.69 Å². The van der Waals surface area contributed by atoms with E-state index in [4.69, 9.17) is 27.9 Å². The van der Waals surface area contributed by atoms with E-state index >= 15 is 4.39 Å². The first-order valence-electron chi connectivity index (χ1n) is 14.4. The summed E-state index contributed by atoms with van der Waals surface area (Å²) < 4.78 is 24.5. The van der Waals surface area contributed by atoms with Crippen LogP contribution in [0.2, 0.25) is 25.7 Å². The maximum Gasteiger partial charge on any atom is 0.270 e. The van der Waals surface area contributed by atoms with Crippen molar-refractivity contribution in [2.45, 2.75) is 96.3 Å². The average Bonchev–Trinajstić information content (AvgIpc) is 3.50. The quantitative estimate of drug-likeness (QED) is 0.0837. The molecule has 0 fully saturated rings. The lowest BCUT2D eigenvalue weighted by Crippen LogP contribution is -2.44. The molecule has 0 radical (unpaired) electrons. The molecule has 2 amide bonds. The fourth-order valence-corrected chi connectivity index (χ4v) is 5.59. The van der Waals surface area contributed by atoms with Crippen molar-refractivity contribution < 1.29 is 18.7 Å². The van der Waals surface area contributed by atoms with Crippen LogP contribution in [0.1, 0.15) is 61.0 Å². The summed E-state index contributed by atoms with van der Waals surface area (Å²) in [6.45, 7) is 15.3. The van der Waals surface area contributed by atoms with Crippen LogP contribution in [0.4, 0.5) is 10.2 Å². The van der Waals surface area contributed by atoms with Gasteiger partial charge >= 0.3 is 0 Å². The lowest BCUT2D eigenvalue weighted by Gasteiger charge is -2.19. The summed E-state index contributed by atoms with van der Waals surface area (Å²) in [5, 5.41) is 14.1. The van der Waals surface area contributed by atoms with Crippen molar-refractivity contribution in [2.24, 2.45) is 0 Å². The molecule has 1 atom stereocenters. The number of hydrogen-bond acceptors (Lipinski definition) is 6. The lowest BCUT2D eigenvalue weighted by molar-refractivity contribution is -0.118. The van der Waals surface area contributed by atoms with E-state index in [0.717, 1.165) is 11.7 Å². The molecule has 0 aliphatic heterocycles. The number of pyridine rings is 1. The largest absolute Gasteiger partial charge is 0.360 e. The van der Waals surface area contributed by atoms with Crippen molar-refractivity contribution in [3.8, 4) is 11.1 Å². The highest BCUT2D eigenvalue weighted by Gasteiger charge is 2.25. The van der Waals surface area contributed by atoms with Crippen LogP contribution >= 0.6 is 23.2 Å². The molecule has 3 aromatic heterocycles. The summed E-state index contributed by atoms with van der Waals surface area (Å²) in [4.78, 5) is 29.7. The first kappa shape index (κ1) is 34.7. The molecule has 3 aromatic rings. The Kier molecular flexibility index (Phi) is 12.3. The number of carbonyl (C=O) groups is 2. The van der Waals surface area contributed by atoms with Gasteiger partial charge in [-0.1, -0.05) is 19.6 Å². The molecule has 14 heteroatoms. The number of aryl methyl sites for hydroxylation is 1. The Bertz CT molecular complexity index is 1410. The number of nitrogens with one attached hydrogen (secondary N) is 2. The molecule has 0 saturated carbocycles. The third kappa shape index (κ3) is 9.85. The molecular formula is C29H42Cl2FN7O3Si. The standard InChI is InChI=1S/C29H42Cl2FN7O3Si/c1-18(2)39-23(13-14-33-39)29(41)34-22(9-8-10-24(30)31)28(40)36-25-12-11-21(27(32)35-25)26-19(3)37-38(20(26)4)17-42-15-16-43(5,6)7/h11-14,18,22,24H,8-10,15-17H2,1-7H3,(H,34,41)(H,35,36,40)/t22-/m0/s1. The Balaban J connectivity index is 1.74. The van der Waals surface area contributed by atoms with Crippen molar-refractivity contribution in [1.29, 1.82) is 0 Å². The van der Waals surface area contributed by atoms with Gasteiger partial charge in [0.25, 0.3) is 5.91 Å². The summed E-state index contributed by atoms with van der Waals surface area (Å²) in [6, 6.07) is 4.72. The molecule has 10 nitrogen and oxygen atoms in total. The van der Waals surface area contributed by atoms with E-state index in [0.29, 0.717) is 36.4 Å². The fraction of sp³-hybridized carbons (Fsp3) is 0.552. The number of halogens is 3. The summed E-state index contributed by atoms with van der Waals surface area (Å²) in [6.07, 6.45) is 2.70. The number of amides is 2. The van der Waals surface area contributed by atoms with E-state index in [-0.39, 0.29) is 30.6 Å². The number of aromatic nitrogens is 5. The van der Waals surface area contributed by atoms with E-state index < -0.39 is 36.7 Å². The molecule has 3 heterocycles. The summed E-state index contributed by atoms with van der Waals surface area (Å²) in [5.74, 6) is -1.74. The minimum atomic E-state index is -1.22. The predicted octanol–water partition coefficient (Wildman–Crippen LogP) is 6.50. The molecule has 0 saturated heterocycles. The van der Waals surface area contributed by atoms with Gasteiger partial charge in [-0.05, 0) is 71.2 Å². The van der Waals surface area contributed by atoms with Crippen molar-refractivity contribution in [3.63, 3.8) is 0 Å². The Morgan fingerprint density at radius 1 is 1.12 bits per heavy atom. The second-order valence-electron chi connectivity index (χ2n) is 12.0. The van der Waals surface area contributed by atoms with Crippen LogP contribution in [-0.4, -0.2) is 61.9 Å². The molecule has 2 N–H and O–H groups in total. The van der Waals surface area contributed by atoms with Gasteiger partial charge in [-0.25, -0.2) is 9.67 Å². The monoisotopic (exact) mass is 653 g/mol. The fourth-order valence-electron chi connectivity index (χ4n) is 4.53. The first-order valence-corrected chi connectivity index (χ1v) is 19.0. The van der Waals surface area contributed by atoms with Gasteiger partial charge in [-0.3, -0.25) is 14.3 Å². The molecule has 236 valence electrons. The van der Waals surface area contributed by atoms with Crippen molar-refractivity contribution in [1.82, 2.24) is 29.9 Å². The summed E-state index contributed by atoms with van der Waals surface area (Å²) >= 11 is 11.7. The highest BCUT2D eigenvalue weighted by Crippen LogP contribution is 2.29. The number of carbonyl (C=O) groups excluding carboxylic acids is 2. The van der Waals surface area contributed by atoms with Crippen LogP contribution < -0.4 is 10.6 Å². The Morgan fingerprint density at radius 2 is 1.84 bits per heavy atom.